The number of ketones is 1. The van der Waals surface area contributed by atoms with Crippen molar-refractivity contribution in [3.63, 3.8) is 0 Å². The highest BCUT2D eigenvalue weighted by atomic mass is 32.1. The highest BCUT2D eigenvalue weighted by Crippen LogP contribution is 2.15. The summed E-state index contributed by atoms with van der Waals surface area (Å²) in [6, 6.07) is 11.5. The van der Waals surface area contributed by atoms with Crippen LogP contribution in [0.25, 0.3) is 0 Å². The number of morpholine rings is 1. The largest absolute Gasteiger partial charge is 0.379 e. The molecule has 0 bridgehead atoms. The number of carbonyl (C=O) groups is 2. The van der Waals surface area contributed by atoms with Gasteiger partial charge in [-0.15, -0.1) is 11.3 Å². The van der Waals surface area contributed by atoms with Crippen LogP contribution >= 0.6 is 11.3 Å². The van der Waals surface area contributed by atoms with Crippen LogP contribution < -0.4 is 5.32 Å². The molecule has 0 saturated carbocycles. The molecule has 2 aromatic rings. The Morgan fingerprint density at radius 2 is 1.84 bits per heavy atom. The number of hydrogen-bond acceptors (Lipinski definition) is 5. The third-order valence-corrected chi connectivity index (χ3v) is 5.03. The Hall–Kier alpha value is -2.02. The second kappa shape index (κ2) is 8.89. The summed E-state index contributed by atoms with van der Waals surface area (Å²) in [5.41, 5.74) is 1.98. The number of nitrogens with zero attached hydrogens (tertiary/aromatic N) is 1. The van der Waals surface area contributed by atoms with Gasteiger partial charge in [0.05, 0.1) is 18.1 Å². The molecule has 0 unspecified atom stereocenters. The van der Waals surface area contributed by atoms with Gasteiger partial charge >= 0.3 is 0 Å². The second-order valence-corrected chi connectivity index (χ2v) is 6.98. The van der Waals surface area contributed by atoms with Crippen molar-refractivity contribution in [1.29, 1.82) is 0 Å². The van der Waals surface area contributed by atoms with Crippen LogP contribution in [0.4, 0.5) is 5.69 Å². The normalized spacial score (nSPS) is 15.0. The van der Waals surface area contributed by atoms with Crippen LogP contribution in [0.3, 0.4) is 0 Å². The maximum Gasteiger partial charge on any atom is 0.224 e. The Labute approximate surface area is 151 Å². The first-order valence-corrected chi connectivity index (χ1v) is 9.34. The molecular weight excluding hydrogens is 336 g/mol. The number of nitrogens with one attached hydrogen (secondary N) is 1. The summed E-state index contributed by atoms with van der Waals surface area (Å²) in [6.45, 7) is 4.39. The summed E-state index contributed by atoms with van der Waals surface area (Å²) < 4.78 is 5.35. The molecule has 2 heterocycles. The third kappa shape index (κ3) is 5.49. The maximum absolute atomic E-state index is 12.0. The molecule has 1 aromatic carbocycles. The lowest BCUT2D eigenvalue weighted by molar-refractivity contribution is -0.116. The smallest absolute Gasteiger partial charge is 0.224 e. The van der Waals surface area contributed by atoms with Crippen molar-refractivity contribution >= 4 is 28.7 Å². The Morgan fingerprint density at radius 1 is 1.08 bits per heavy atom. The van der Waals surface area contributed by atoms with Crippen molar-refractivity contribution in [2.24, 2.45) is 0 Å². The molecule has 0 radical (unpaired) electrons. The lowest BCUT2D eigenvalue weighted by Crippen LogP contribution is -2.35. The highest BCUT2D eigenvalue weighted by molar-refractivity contribution is 7.12. The molecule has 132 valence electrons. The zero-order chi connectivity index (χ0) is 17.5. The van der Waals surface area contributed by atoms with Gasteiger partial charge in [0.15, 0.2) is 5.78 Å². The van der Waals surface area contributed by atoms with Crippen LogP contribution in [-0.4, -0.2) is 42.9 Å². The number of Topliss-reactive ketones (excluding diaryl/α,β-unsaturated/α-hetero) is 1. The average molecular weight is 358 g/mol. The molecule has 0 spiro atoms. The fourth-order valence-electron chi connectivity index (χ4n) is 2.72. The van der Waals surface area contributed by atoms with Gasteiger partial charge in [-0.1, -0.05) is 18.2 Å². The van der Waals surface area contributed by atoms with Crippen molar-refractivity contribution in [1.82, 2.24) is 4.90 Å². The van der Waals surface area contributed by atoms with Gasteiger partial charge in [0.25, 0.3) is 0 Å². The Balaban J connectivity index is 1.44. The summed E-state index contributed by atoms with van der Waals surface area (Å²) >= 11 is 1.41. The number of hydrogen-bond donors (Lipinski definition) is 1. The summed E-state index contributed by atoms with van der Waals surface area (Å²) in [4.78, 5) is 27.0. The van der Waals surface area contributed by atoms with Gasteiger partial charge in [-0.2, -0.15) is 0 Å². The topological polar surface area (TPSA) is 58.6 Å². The van der Waals surface area contributed by atoms with E-state index in [0.717, 1.165) is 38.5 Å². The monoisotopic (exact) mass is 358 g/mol. The van der Waals surface area contributed by atoms with Crippen molar-refractivity contribution in [2.75, 3.05) is 31.6 Å². The number of thiophene rings is 1. The minimum absolute atomic E-state index is 0.0195. The number of anilines is 1. The second-order valence-electron chi connectivity index (χ2n) is 6.03. The van der Waals surface area contributed by atoms with E-state index in [1.54, 1.807) is 6.07 Å². The number of amides is 1. The molecule has 25 heavy (non-hydrogen) atoms. The molecule has 0 aliphatic carbocycles. The van der Waals surface area contributed by atoms with E-state index >= 15 is 0 Å². The van der Waals surface area contributed by atoms with Crippen LogP contribution in [0, 0.1) is 0 Å². The van der Waals surface area contributed by atoms with Crippen molar-refractivity contribution in [3.8, 4) is 0 Å². The lowest BCUT2D eigenvalue weighted by Gasteiger charge is -2.26. The minimum atomic E-state index is -0.133. The summed E-state index contributed by atoms with van der Waals surface area (Å²) in [5.74, 6) is -0.114. The van der Waals surface area contributed by atoms with E-state index < -0.39 is 0 Å². The van der Waals surface area contributed by atoms with E-state index in [1.807, 2.05) is 35.7 Å². The predicted molar refractivity (Wildman–Crippen MR) is 99.1 cm³/mol. The van der Waals surface area contributed by atoms with Gasteiger partial charge < -0.3 is 10.1 Å². The van der Waals surface area contributed by atoms with Crippen LogP contribution in [0.2, 0.25) is 0 Å². The van der Waals surface area contributed by atoms with E-state index in [9.17, 15) is 9.59 Å². The summed E-state index contributed by atoms with van der Waals surface area (Å²) in [7, 11) is 0. The molecular formula is C19H22N2O3S. The predicted octanol–water partition coefficient (Wildman–Crippen LogP) is 3.18. The first-order chi connectivity index (χ1) is 12.2. The first-order valence-electron chi connectivity index (χ1n) is 8.46. The lowest BCUT2D eigenvalue weighted by atomic mass is 10.1. The van der Waals surface area contributed by atoms with E-state index in [-0.39, 0.29) is 24.5 Å². The van der Waals surface area contributed by atoms with Crippen LogP contribution in [0.1, 0.15) is 28.1 Å². The Morgan fingerprint density at radius 3 is 2.52 bits per heavy atom. The van der Waals surface area contributed by atoms with E-state index in [4.69, 9.17) is 4.74 Å². The van der Waals surface area contributed by atoms with Crippen molar-refractivity contribution < 1.29 is 14.3 Å². The van der Waals surface area contributed by atoms with Crippen LogP contribution in [0.15, 0.2) is 41.8 Å². The maximum atomic E-state index is 12.0. The molecule has 1 aliphatic heterocycles. The number of rotatable bonds is 7. The van der Waals surface area contributed by atoms with Crippen LogP contribution in [0.5, 0.6) is 0 Å². The zero-order valence-corrected chi connectivity index (χ0v) is 14.9. The van der Waals surface area contributed by atoms with Gasteiger partial charge in [-0.25, -0.2) is 0 Å². The molecule has 1 fully saturated rings. The molecule has 1 saturated heterocycles. The van der Waals surface area contributed by atoms with E-state index in [1.165, 1.54) is 16.9 Å². The van der Waals surface area contributed by atoms with E-state index in [2.05, 4.69) is 10.2 Å². The minimum Gasteiger partial charge on any atom is -0.379 e. The quantitative estimate of drug-likeness (QED) is 0.773. The molecule has 6 heteroatoms. The molecule has 1 aliphatic rings. The first kappa shape index (κ1) is 17.8. The number of ether oxygens (including phenoxy) is 1. The molecule has 1 amide bonds. The standard InChI is InChI=1S/C19H22N2O3S/c22-17(18-2-1-13-25-18)7-8-19(23)20-16-5-3-15(4-6-16)14-21-9-11-24-12-10-21/h1-6,13H,7-12,14H2,(H,20,23). The fourth-order valence-corrected chi connectivity index (χ4v) is 3.42. The van der Waals surface area contributed by atoms with Gasteiger partial charge in [-0.05, 0) is 29.1 Å². The Kier molecular flexibility index (Phi) is 6.33. The van der Waals surface area contributed by atoms with Crippen molar-refractivity contribution in [2.45, 2.75) is 19.4 Å². The molecule has 0 atom stereocenters. The Bertz CT molecular complexity index is 692. The fraction of sp³-hybridized carbons (Fsp3) is 0.368. The number of carbonyl (C=O) groups excluding carboxylic acids is 2. The van der Waals surface area contributed by atoms with Gasteiger partial charge in [-0.3, -0.25) is 14.5 Å². The zero-order valence-electron chi connectivity index (χ0n) is 14.1. The molecule has 3 rings (SSSR count). The third-order valence-electron chi connectivity index (χ3n) is 4.12. The summed E-state index contributed by atoms with van der Waals surface area (Å²) in [6.07, 6.45) is 0.438. The van der Waals surface area contributed by atoms with E-state index in [0.29, 0.717) is 4.88 Å². The van der Waals surface area contributed by atoms with Crippen molar-refractivity contribution in [3.05, 3.63) is 52.2 Å². The molecule has 1 N–H and O–H groups in total. The van der Waals surface area contributed by atoms with Gasteiger partial charge in [0.2, 0.25) is 5.91 Å². The SMILES string of the molecule is O=C(CCC(=O)c1cccs1)Nc1ccc(CN2CCOCC2)cc1. The molecule has 1 aromatic heterocycles. The van der Waals surface area contributed by atoms with Crippen LogP contribution in [-0.2, 0) is 16.1 Å². The average Bonchev–Trinajstić information content (AvgIpc) is 3.17. The number of benzene rings is 1. The van der Waals surface area contributed by atoms with Gasteiger partial charge in [0.1, 0.15) is 0 Å². The van der Waals surface area contributed by atoms with Gasteiger partial charge in [0, 0.05) is 38.2 Å². The highest BCUT2D eigenvalue weighted by Gasteiger charge is 2.12. The molecule has 5 nitrogen and oxygen atoms in total. The summed E-state index contributed by atoms with van der Waals surface area (Å²) in [5, 5.41) is 4.72.